The first-order valence-corrected chi connectivity index (χ1v) is 12.4. The number of nitrogens with zero attached hydrogens (tertiary/aromatic N) is 6. The highest BCUT2D eigenvalue weighted by molar-refractivity contribution is 5.49. The maximum Gasteiger partial charge on any atom is 0.280 e. The van der Waals surface area contributed by atoms with E-state index in [2.05, 4.69) is 54.9 Å². The Morgan fingerprint density at radius 3 is 2.46 bits per heavy atom. The summed E-state index contributed by atoms with van der Waals surface area (Å²) in [6, 6.07) is 10.5. The van der Waals surface area contributed by atoms with Crippen molar-refractivity contribution in [1.82, 2.24) is 25.1 Å². The van der Waals surface area contributed by atoms with Gasteiger partial charge in [-0.2, -0.15) is 0 Å². The minimum absolute atomic E-state index is 0.166. The molecule has 3 aromatic rings. The maximum absolute atomic E-state index is 12.6. The molecule has 0 radical (unpaired) electrons. The Balaban J connectivity index is 1.05. The third-order valence-corrected chi connectivity index (χ3v) is 7.14. The lowest BCUT2D eigenvalue weighted by molar-refractivity contribution is 0.0945. The molecule has 0 atom stereocenters. The van der Waals surface area contributed by atoms with Gasteiger partial charge < -0.3 is 19.9 Å². The van der Waals surface area contributed by atoms with E-state index in [4.69, 9.17) is 4.74 Å². The molecule has 2 fully saturated rings. The highest BCUT2D eigenvalue weighted by atomic mass is 19.3. The predicted molar refractivity (Wildman–Crippen MR) is 137 cm³/mol. The number of hydrogen-bond donors (Lipinski definition) is 1. The van der Waals surface area contributed by atoms with Crippen LogP contribution in [0.2, 0.25) is 0 Å². The molecule has 0 bridgehead atoms. The van der Waals surface area contributed by atoms with Gasteiger partial charge in [-0.1, -0.05) is 12.6 Å². The van der Waals surface area contributed by atoms with Crippen molar-refractivity contribution in [2.24, 2.45) is 5.41 Å². The van der Waals surface area contributed by atoms with Crippen LogP contribution in [0.5, 0.6) is 5.88 Å². The summed E-state index contributed by atoms with van der Waals surface area (Å²) in [5, 5.41) is 11.4. The number of likely N-dealkylation sites (tertiary alicyclic amines) is 1. The average Bonchev–Trinajstić information content (AvgIpc) is 2.90. The number of allylic oxidation sites excluding steroid dienone is 1. The van der Waals surface area contributed by atoms with Crippen LogP contribution in [0.4, 0.5) is 20.3 Å². The molecule has 37 heavy (non-hydrogen) atoms. The van der Waals surface area contributed by atoms with Gasteiger partial charge in [0, 0.05) is 55.1 Å². The van der Waals surface area contributed by atoms with E-state index in [1.54, 1.807) is 18.2 Å². The van der Waals surface area contributed by atoms with E-state index in [-0.39, 0.29) is 12.3 Å². The summed E-state index contributed by atoms with van der Waals surface area (Å²) in [6.07, 6.45) is 3.18. The van der Waals surface area contributed by atoms with E-state index in [9.17, 15) is 8.78 Å². The lowest BCUT2D eigenvalue weighted by atomic mass is 9.71. The van der Waals surface area contributed by atoms with Crippen molar-refractivity contribution >= 4 is 11.5 Å². The normalized spacial score (nSPS) is 16.5. The van der Waals surface area contributed by atoms with Crippen molar-refractivity contribution in [2.75, 3.05) is 36.4 Å². The zero-order valence-electron chi connectivity index (χ0n) is 20.9. The average molecular weight is 508 g/mol. The molecule has 2 aliphatic heterocycles. The molecule has 2 aliphatic rings. The van der Waals surface area contributed by atoms with E-state index in [1.807, 2.05) is 12.3 Å². The topological polar surface area (TPSA) is 79.3 Å². The molecule has 2 saturated heterocycles. The molecule has 0 amide bonds. The largest absolute Gasteiger partial charge is 0.472 e. The standard InChI is InChI=1S/C27H31F2N7O/c1-19(2)35-11-9-27(10-12-35)17-36(18-27)22-5-4-21(30-15-22)14-32-24-7-8-25(34-33-24)37-16-20-3-6-23(26(28)29)31-13-20/h3-8,13,15,26H,1,9-12,14,16-18H2,2H3,(H,32,33). The van der Waals surface area contributed by atoms with Gasteiger partial charge in [0.05, 0.1) is 24.1 Å². The zero-order chi connectivity index (χ0) is 25.8. The van der Waals surface area contributed by atoms with Gasteiger partial charge in [0.15, 0.2) is 0 Å². The molecule has 1 N–H and O–H groups in total. The van der Waals surface area contributed by atoms with Crippen molar-refractivity contribution in [3.63, 3.8) is 0 Å². The minimum atomic E-state index is -2.59. The SMILES string of the molecule is C=C(C)N1CCC2(CC1)CN(c1ccc(CNc3ccc(OCc4ccc(C(F)F)nc4)nn3)nc1)C2. The highest BCUT2D eigenvalue weighted by Gasteiger charge is 2.44. The van der Waals surface area contributed by atoms with E-state index >= 15 is 0 Å². The van der Waals surface area contributed by atoms with Gasteiger partial charge in [-0.05, 0) is 44.0 Å². The van der Waals surface area contributed by atoms with Crippen molar-refractivity contribution in [3.05, 3.63) is 78.0 Å². The Kier molecular flexibility index (Phi) is 7.16. The van der Waals surface area contributed by atoms with Crippen LogP contribution in [-0.2, 0) is 13.2 Å². The number of ether oxygens (including phenoxy) is 1. The summed E-state index contributed by atoms with van der Waals surface area (Å²) in [6.45, 7) is 11.3. The Hall–Kier alpha value is -3.82. The second-order valence-electron chi connectivity index (χ2n) is 9.88. The number of alkyl halides is 2. The van der Waals surface area contributed by atoms with Crippen LogP contribution < -0.4 is 15.0 Å². The molecule has 10 heteroatoms. The Morgan fingerprint density at radius 2 is 1.86 bits per heavy atom. The van der Waals surface area contributed by atoms with Crippen LogP contribution >= 0.6 is 0 Å². The molecule has 194 valence electrons. The Morgan fingerprint density at radius 1 is 1.05 bits per heavy atom. The summed E-state index contributed by atoms with van der Waals surface area (Å²) >= 11 is 0. The first kappa shape index (κ1) is 24.9. The third kappa shape index (κ3) is 5.95. The van der Waals surface area contributed by atoms with E-state index in [0.29, 0.717) is 29.2 Å². The molecule has 0 saturated carbocycles. The lowest BCUT2D eigenvalue weighted by Gasteiger charge is -2.55. The van der Waals surface area contributed by atoms with Crippen LogP contribution in [0, 0.1) is 5.41 Å². The quantitative estimate of drug-likeness (QED) is 0.441. The number of hydrogen-bond acceptors (Lipinski definition) is 8. The molecule has 0 aliphatic carbocycles. The number of pyridine rings is 2. The summed E-state index contributed by atoms with van der Waals surface area (Å²) in [5.41, 5.74) is 4.10. The predicted octanol–water partition coefficient (Wildman–Crippen LogP) is 4.83. The molecule has 0 unspecified atom stereocenters. The fourth-order valence-electron chi connectivity index (χ4n) is 4.81. The van der Waals surface area contributed by atoms with Gasteiger partial charge >= 0.3 is 0 Å². The molecule has 1 spiro atoms. The monoisotopic (exact) mass is 507 g/mol. The smallest absolute Gasteiger partial charge is 0.280 e. The zero-order valence-corrected chi connectivity index (χ0v) is 20.9. The second kappa shape index (κ2) is 10.7. The molecule has 3 aromatic heterocycles. The summed E-state index contributed by atoms with van der Waals surface area (Å²) in [5.74, 6) is 0.940. The van der Waals surface area contributed by atoms with Gasteiger partial charge in [-0.3, -0.25) is 9.97 Å². The fourth-order valence-corrected chi connectivity index (χ4v) is 4.81. The van der Waals surface area contributed by atoms with Crippen molar-refractivity contribution in [1.29, 1.82) is 0 Å². The number of aromatic nitrogens is 4. The van der Waals surface area contributed by atoms with E-state index in [0.717, 1.165) is 37.6 Å². The number of piperidine rings is 1. The van der Waals surface area contributed by atoms with Crippen LogP contribution in [0.3, 0.4) is 0 Å². The van der Waals surface area contributed by atoms with E-state index < -0.39 is 6.43 Å². The summed E-state index contributed by atoms with van der Waals surface area (Å²) in [4.78, 5) is 13.1. The molecular formula is C27H31F2N7O. The van der Waals surface area contributed by atoms with Crippen LogP contribution in [0.1, 0.15) is 43.1 Å². The molecule has 0 aromatic carbocycles. The van der Waals surface area contributed by atoms with Crippen molar-refractivity contribution in [2.45, 2.75) is 39.3 Å². The van der Waals surface area contributed by atoms with Crippen molar-refractivity contribution in [3.8, 4) is 5.88 Å². The molecule has 5 heterocycles. The highest BCUT2D eigenvalue weighted by Crippen LogP contribution is 2.42. The second-order valence-corrected chi connectivity index (χ2v) is 9.88. The van der Waals surface area contributed by atoms with Crippen molar-refractivity contribution < 1.29 is 13.5 Å². The van der Waals surface area contributed by atoms with E-state index in [1.165, 1.54) is 30.8 Å². The van der Waals surface area contributed by atoms with Gasteiger partial charge in [-0.15, -0.1) is 10.2 Å². The number of rotatable bonds is 9. The van der Waals surface area contributed by atoms with Crippen LogP contribution in [0.25, 0.3) is 0 Å². The summed E-state index contributed by atoms with van der Waals surface area (Å²) in [7, 11) is 0. The number of halogens is 2. The summed E-state index contributed by atoms with van der Waals surface area (Å²) < 4.78 is 30.7. The van der Waals surface area contributed by atoms with Gasteiger partial charge in [0.2, 0.25) is 5.88 Å². The van der Waals surface area contributed by atoms with Crippen LogP contribution in [-0.4, -0.2) is 51.2 Å². The lowest BCUT2D eigenvalue weighted by Crippen LogP contribution is -2.60. The third-order valence-electron chi connectivity index (χ3n) is 7.14. The maximum atomic E-state index is 12.6. The molecule has 8 nitrogen and oxygen atoms in total. The van der Waals surface area contributed by atoms with Gasteiger partial charge in [0.25, 0.3) is 6.43 Å². The van der Waals surface area contributed by atoms with Crippen LogP contribution in [0.15, 0.2) is 61.1 Å². The van der Waals surface area contributed by atoms with Gasteiger partial charge in [0.1, 0.15) is 18.1 Å². The first-order chi connectivity index (χ1) is 17.9. The first-order valence-electron chi connectivity index (χ1n) is 12.4. The Labute approximate surface area is 215 Å². The molecular weight excluding hydrogens is 476 g/mol. The number of anilines is 2. The van der Waals surface area contributed by atoms with Gasteiger partial charge in [-0.25, -0.2) is 8.78 Å². The minimum Gasteiger partial charge on any atom is -0.472 e. The number of nitrogens with one attached hydrogen (secondary N) is 1. The molecule has 5 rings (SSSR count). The fraction of sp³-hybridized carbons (Fsp3) is 0.407. The Bertz CT molecular complexity index is 1190.